The minimum Gasteiger partial charge on any atom is -0.426 e. The Labute approximate surface area is 94.8 Å². The first-order valence-corrected chi connectivity index (χ1v) is 5.76. The molecule has 0 aliphatic carbocycles. The number of piperidine rings is 1. The molecule has 2 aliphatic heterocycles. The summed E-state index contributed by atoms with van der Waals surface area (Å²) in [5.74, 6) is 0.710. The molecule has 0 radical (unpaired) electrons. The van der Waals surface area contributed by atoms with E-state index in [4.69, 9.17) is 4.74 Å². The molecule has 0 amide bonds. The Balaban J connectivity index is 2.11. The van der Waals surface area contributed by atoms with Gasteiger partial charge in [-0.2, -0.15) is 0 Å². The van der Waals surface area contributed by atoms with E-state index in [1.165, 1.54) is 0 Å². The standard InChI is InChI=1S/C13H15NO2/c1-9-2-3-10-11(8-9)16-12(15)13(10)4-6-14-7-5-13/h2-3,8,14H,4-7H2,1H3. The molecule has 3 heteroatoms. The predicted molar refractivity (Wildman–Crippen MR) is 60.6 cm³/mol. The number of nitrogens with one attached hydrogen (secondary N) is 1. The molecule has 1 spiro atoms. The molecule has 84 valence electrons. The van der Waals surface area contributed by atoms with Crippen LogP contribution in [0.2, 0.25) is 0 Å². The van der Waals surface area contributed by atoms with Gasteiger partial charge in [0.1, 0.15) is 5.75 Å². The van der Waals surface area contributed by atoms with Crippen LogP contribution in [0.15, 0.2) is 18.2 Å². The van der Waals surface area contributed by atoms with Gasteiger partial charge in [0, 0.05) is 5.56 Å². The minimum atomic E-state index is -0.367. The van der Waals surface area contributed by atoms with Crippen LogP contribution < -0.4 is 10.1 Å². The van der Waals surface area contributed by atoms with Gasteiger partial charge in [0.05, 0.1) is 5.41 Å². The highest BCUT2D eigenvalue weighted by Gasteiger charge is 2.49. The maximum Gasteiger partial charge on any atom is 0.322 e. The van der Waals surface area contributed by atoms with E-state index in [0.29, 0.717) is 0 Å². The molecule has 1 N–H and O–H groups in total. The van der Waals surface area contributed by atoms with Crippen LogP contribution in [0.3, 0.4) is 0 Å². The summed E-state index contributed by atoms with van der Waals surface area (Å²) in [5.41, 5.74) is 1.86. The summed E-state index contributed by atoms with van der Waals surface area (Å²) >= 11 is 0. The SMILES string of the molecule is Cc1ccc2c(c1)OC(=O)C21CCNCC1. The van der Waals surface area contributed by atoms with Gasteiger partial charge < -0.3 is 10.1 Å². The Kier molecular flexibility index (Phi) is 2.04. The van der Waals surface area contributed by atoms with Crippen molar-refractivity contribution < 1.29 is 9.53 Å². The van der Waals surface area contributed by atoms with E-state index in [0.717, 1.165) is 42.8 Å². The average Bonchev–Trinajstić information content (AvgIpc) is 2.53. The molecule has 0 bridgehead atoms. The second kappa shape index (κ2) is 3.32. The lowest BCUT2D eigenvalue weighted by atomic mass is 9.74. The number of carbonyl (C=O) groups is 1. The fourth-order valence-corrected chi connectivity index (χ4v) is 2.74. The number of benzene rings is 1. The van der Waals surface area contributed by atoms with Crippen molar-refractivity contribution in [2.45, 2.75) is 25.2 Å². The zero-order valence-electron chi connectivity index (χ0n) is 9.38. The van der Waals surface area contributed by atoms with Crippen LogP contribution in [0.5, 0.6) is 5.75 Å². The van der Waals surface area contributed by atoms with E-state index in [-0.39, 0.29) is 11.4 Å². The van der Waals surface area contributed by atoms with E-state index < -0.39 is 0 Å². The number of rotatable bonds is 0. The summed E-state index contributed by atoms with van der Waals surface area (Å²) in [4.78, 5) is 12.1. The van der Waals surface area contributed by atoms with Crippen molar-refractivity contribution in [2.24, 2.45) is 0 Å². The molecule has 2 heterocycles. The Hall–Kier alpha value is -1.35. The second-order valence-corrected chi connectivity index (χ2v) is 4.72. The van der Waals surface area contributed by atoms with Crippen molar-refractivity contribution in [2.75, 3.05) is 13.1 Å². The Bertz CT molecular complexity index is 447. The highest BCUT2D eigenvalue weighted by Crippen LogP contribution is 2.45. The smallest absolute Gasteiger partial charge is 0.322 e. The van der Waals surface area contributed by atoms with Gasteiger partial charge in [-0.3, -0.25) is 4.79 Å². The van der Waals surface area contributed by atoms with Crippen molar-refractivity contribution in [3.8, 4) is 5.75 Å². The van der Waals surface area contributed by atoms with Gasteiger partial charge in [-0.05, 0) is 44.5 Å². The summed E-state index contributed by atoms with van der Waals surface area (Å²) < 4.78 is 5.41. The summed E-state index contributed by atoms with van der Waals surface area (Å²) in [6.45, 7) is 3.80. The van der Waals surface area contributed by atoms with Crippen molar-refractivity contribution >= 4 is 5.97 Å². The molecule has 0 saturated carbocycles. The number of esters is 1. The maximum absolute atomic E-state index is 12.1. The highest BCUT2D eigenvalue weighted by atomic mass is 16.5. The molecule has 0 atom stereocenters. The van der Waals surface area contributed by atoms with E-state index in [9.17, 15) is 4.79 Å². The van der Waals surface area contributed by atoms with E-state index in [1.54, 1.807) is 0 Å². The second-order valence-electron chi connectivity index (χ2n) is 4.72. The van der Waals surface area contributed by atoms with Crippen LogP contribution in [0.4, 0.5) is 0 Å². The van der Waals surface area contributed by atoms with Crippen LogP contribution in [0.1, 0.15) is 24.0 Å². The van der Waals surface area contributed by atoms with Crippen molar-refractivity contribution in [1.29, 1.82) is 0 Å². The monoisotopic (exact) mass is 217 g/mol. The predicted octanol–water partition coefficient (Wildman–Crippen LogP) is 1.54. The zero-order valence-corrected chi connectivity index (χ0v) is 9.38. The Morgan fingerprint density at radius 1 is 1.31 bits per heavy atom. The van der Waals surface area contributed by atoms with Crippen LogP contribution in [0.25, 0.3) is 0 Å². The normalized spacial score (nSPS) is 21.9. The minimum absolute atomic E-state index is 0.0606. The van der Waals surface area contributed by atoms with Gasteiger partial charge in [-0.25, -0.2) is 0 Å². The van der Waals surface area contributed by atoms with Crippen LogP contribution in [-0.2, 0) is 10.2 Å². The third-order valence-corrected chi connectivity index (χ3v) is 3.70. The first-order valence-electron chi connectivity index (χ1n) is 5.76. The lowest BCUT2D eigenvalue weighted by Crippen LogP contribution is -2.44. The number of fused-ring (bicyclic) bond motifs is 2. The van der Waals surface area contributed by atoms with Crippen LogP contribution in [-0.4, -0.2) is 19.1 Å². The third-order valence-electron chi connectivity index (χ3n) is 3.70. The summed E-state index contributed by atoms with van der Waals surface area (Å²) in [7, 11) is 0. The van der Waals surface area contributed by atoms with Crippen molar-refractivity contribution in [1.82, 2.24) is 5.32 Å². The van der Waals surface area contributed by atoms with E-state index >= 15 is 0 Å². The molecule has 16 heavy (non-hydrogen) atoms. The quantitative estimate of drug-likeness (QED) is 0.529. The summed E-state index contributed by atoms with van der Waals surface area (Å²) in [6, 6.07) is 6.08. The zero-order chi connectivity index (χ0) is 11.2. The summed E-state index contributed by atoms with van der Waals surface area (Å²) in [6.07, 6.45) is 1.70. The van der Waals surface area contributed by atoms with Gasteiger partial charge in [-0.15, -0.1) is 0 Å². The first-order chi connectivity index (χ1) is 7.72. The van der Waals surface area contributed by atoms with Gasteiger partial charge in [0.15, 0.2) is 0 Å². The lowest BCUT2D eigenvalue weighted by Gasteiger charge is -2.30. The topological polar surface area (TPSA) is 38.3 Å². The fraction of sp³-hybridized carbons (Fsp3) is 0.462. The fourth-order valence-electron chi connectivity index (χ4n) is 2.74. The first kappa shape index (κ1) is 9.85. The van der Waals surface area contributed by atoms with E-state index in [2.05, 4.69) is 17.4 Å². The Morgan fingerprint density at radius 2 is 2.06 bits per heavy atom. The number of hydrogen-bond donors (Lipinski definition) is 1. The van der Waals surface area contributed by atoms with E-state index in [1.807, 2.05) is 13.0 Å². The molecule has 1 aromatic rings. The summed E-state index contributed by atoms with van der Waals surface area (Å²) in [5, 5.41) is 3.29. The average molecular weight is 217 g/mol. The molecule has 1 saturated heterocycles. The molecular formula is C13H15NO2. The molecule has 0 unspecified atom stereocenters. The maximum atomic E-state index is 12.1. The number of carbonyl (C=O) groups excluding carboxylic acids is 1. The van der Waals surface area contributed by atoms with Crippen LogP contribution >= 0.6 is 0 Å². The molecule has 1 aromatic carbocycles. The van der Waals surface area contributed by atoms with Gasteiger partial charge >= 0.3 is 5.97 Å². The Morgan fingerprint density at radius 3 is 2.81 bits per heavy atom. The van der Waals surface area contributed by atoms with Crippen LogP contribution in [0, 0.1) is 6.92 Å². The van der Waals surface area contributed by atoms with Gasteiger partial charge in [0.25, 0.3) is 0 Å². The molecule has 2 aliphatic rings. The molecule has 1 fully saturated rings. The largest absolute Gasteiger partial charge is 0.426 e. The third kappa shape index (κ3) is 1.21. The molecular weight excluding hydrogens is 202 g/mol. The van der Waals surface area contributed by atoms with Gasteiger partial charge in [-0.1, -0.05) is 12.1 Å². The van der Waals surface area contributed by atoms with Crippen molar-refractivity contribution in [3.63, 3.8) is 0 Å². The molecule has 0 aromatic heterocycles. The number of ether oxygens (including phenoxy) is 1. The molecule has 3 rings (SSSR count). The van der Waals surface area contributed by atoms with Gasteiger partial charge in [0.2, 0.25) is 0 Å². The lowest BCUT2D eigenvalue weighted by molar-refractivity contribution is -0.139. The highest BCUT2D eigenvalue weighted by molar-refractivity contribution is 5.90. The molecule has 3 nitrogen and oxygen atoms in total. The number of aryl methyl sites for hydroxylation is 1. The number of hydrogen-bond acceptors (Lipinski definition) is 3. The van der Waals surface area contributed by atoms with Crippen molar-refractivity contribution in [3.05, 3.63) is 29.3 Å².